The Kier molecular flexibility index (Phi) is 5.76. The van der Waals surface area contributed by atoms with Crippen LogP contribution in [-0.2, 0) is 21.4 Å². The number of rotatable bonds is 5. The Bertz CT molecular complexity index is 1010. The van der Waals surface area contributed by atoms with Crippen LogP contribution in [0.2, 0.25) is 5.02 Å². The fraction of sp³-hybridized carbons (Fsp3) is 0.300. The molecule has 0 saturated carbocycles. The summed E-state index contributed by atoms with van der Waals surface area (Å²) >= 11 is 6.30. The highest BCUT2D eigenvalue weighted by Crippen LogP contribution is 2.32. The highest BCUT2D eigenvalue weighted by Gasteiger charge is 2.42. The fourth-order valence-electron chi connectivity index (χ4n) is 3.19. The molecule has 2 amide bonds. The molecule has 8 heteroatoms. The second kappa shape index (κ2) is 7.93. The van der Waals surface area contributed by atoms with Gasteiger partial charge in [-0.1, -0.05) is 48.9 Å². The van der Waals surface area contributed by atoms with Crippen LogP contribution in [0, 0.1) is 5.92 Å². The lowest BCUT2D eigenvalue weighted by Gasteiger charge is -2.22. The van der Waals surface area contributed by atoms with Crippen LogP contribution in [0.4, 0.5) is 5.69 Å². The van der Waals surface area contributed by atoms with Gasteiger partial charge < -0.3 is 4.90 Å². The lowest BCUT2D eigenvalue weighted by atomic mass is 10.1. The van der Waals surface area contributed by atoms with Crippen molar-refractivity contribution in [2.45, 2.75) is 20.4 Å². The molecule has 0 spiro atoms. The van der Waals surface area contributed by atoms with Gasteiger partial charge in [0.2, 0.25) is 15.9 Å². The first kappa shape index (κ1) is 20.4. The van der Waals surface area contributed by atoms with E-state index in [-0.39, 0.29) is 27.9 Å². The van der Waals surface area contributed by atoms with Crippen molar-refractivity contribution >= 4 is 39.1 Å². The number of sulfonamides is 1. The highest BCUT2D eigenvalue weighted by atomic mass is 35.5. The monoisotopic (exact) mass is 420 g/mol. The Hall–Kier alpha value is -2.38. The van der Waals surface area contributed by atoms with Crippen LogP contribution in [0.5, 0.6) is 0 Å². The zero-order valence-corrected chi connectivity index (χ0v) is 17.2. The molecule has 28 heavy (non-hydrogen) atoms. The van der Waals surface area contributed by atoms with Crippen LogP contribution < -0.4 is 4.31 Å². The average molecular weight is 421 g/mol. The number of benzene rings is 2. The molecule has 1 atom stereocenters. The van der Waals surface area contributed by atoms with Gasteiger partial charge >= 0.3 is 0 Å². The molecule has 1 heterocycles. The van der Waals surface area contributed by atoms with Crippen molar-refractivity contribution in [3.05, 3.63) is 64.7 Å². The number of halogens is 1. The van der Waals surface area contributed by atoms with Crippen molar-refractivity contribution in [1.82, 2.24) is 4.90 Å². The predicted octanol–water partition coefficient (Wildman–Crippen LogP) is 3.31. The van der Waals surface area contributed by atoms with Crippen LogP contribution in [0.3, 0.4) is 0 Å². The number of carbonyl (C=O) groups excluding carboxylic acids is 2. The average Bonchev–Trinajstić information content (AvgIpc) is 2.86. The molecule has 1 aliphatic heterocycles. The second-order valence-electron chi connectivity index (χ2n) is 6.75. The molecule has 1 fully saturated rings. The largest absolute Gasteiger partial charge is 0.335 e. The molecule has 2 aromatic rings. The van der Waals surface area contributed by atoms with E-state index in [0.717, 1.165) is 9.87 Å². The van der Waals surface area contributed by atoms with Crippen molar-refractivity contribution in [1.29, 1.82) is 0 Å². The van der Waals surface area contributed by atoms with E-state index in [0.29, 0.717) is 13.1 Å². The zero-order chi connectivity index (χ0) is 20.5. The fourth-order valence-corrected chi connectivity index (χ4v) is 5.26. The maximum atomic E-state index is 12.9. The van der Waals surface area contributed by atoms with E-state index >= 15 is 0 Å². The zero-order valence-electron chi connectivity index (χ0n) is 15.6. The summed E-state index contributed by atoms with van der Waals surface area (Å²) in [4.78, 5) is 26.8. The maximum absolute atomic E-state index is 12.9. The minimum Gasteiger partial charge on any atom is -0.335 e. The van der Waals surface area contributed by atoms with Crippen molar-refractivity contribution in [3.8, 4) is 0 Å². The third-order valence-corrected chi connectivity index (χ3v) is 6.84. The summed E-state index contributed by atoms with van der Waals surface area (Å²) < 4.78 is 25.3. The topological polar surface area (TPSA) is 74.8 Å². The first-order valence-corrected chi connectivity index (χ1v) is 10.9. The van der Waals surface area contributed by atoms with Gasteiger partial charge in [0.1, 0.15) is 0 Å². The Morgan fingerprint density at radius 1 is 1.21 bits per heavy atom. The van der Waals surface area contributed by atoms with Gasteiger partial charge in [0.15, 0.2) is 0 Å². The van der Waals surface area contributed by atoms with Crippen molar-refractivity contribution in [2.75, 3.05) is 16.6 Å². The van der Waals surface area contributed by atoms with Gasteiger partial charge in [0.25, 0.3) is 5.91 Å². The van der Waals surface area contributed by atoms with Crippen molar-refractivity contribution in [2.24, 2.45) is 5.92 Å². The molecule has 0 N–H and O–H groups in total. The van der Waals surface area contributed by atoms with E-state index in [2.05, 4.69) is 0 Å². The summed E-state index contributed by atoms with van der Waals surface area (Å²) in [5.74, 6) is -1.59. The Balaban J connectivity index is 1.87. The number of carbonyl (C=O) groups is 2. The molecule has 0 radical (unpaired) electrons. The van der Waals surface area contributed by atoms with Gasteiger partial charge in [0.05, 0.1) is 27.9 Å². The molecule has 0 aromatic heterocycles. The van der Waals surface area contributed by atoms with Gasteiger partial charge in [-0.05, 0) is 30.7 Å². The number of anilines is 1. The van der Waals surface area contributed by atoms with E-state index in [4.69, 9.17) is 11.6 Å². The lowest BCUT2D eigenvalue weighted by Crippen LogP contribution is -2.31. The highest BCUT2D eigenvalue weighted by molar-refractivity contribution is 7.94. The number of amides is 2. The number of hydrogen-bond acceptors (Lipinski definition) is 4. The van der Waals surface area contributed by atoms with E-state index in [9.17, 15) is 18.0 Å². The lowest BCUT2D eigenvalue weighted by molar-refractivity contribution is -0.119. The van der Waals surface area contributed by atoms with Crippen LogP contribution in [0.1, 0.15) is 29.8 Å². The van der Waals surface area contributed by atoms with E-state index in [1.807, 2.05) is 37.3 Å². The minimum absolute atomic E-state index is 0.108. The van der Waals surface area contributed by atoms with Crippen LogP contribution in [-0.4, -0.2) is 37.4 Å². The second-order valence-corrected chi connectivity index (χ2v) is 9.02. The summed E-state index contributed by atoms with van der Waals surface area (Å²) in [6.45, 7) is 4.37. The van der Waals surface area contributed by atoms with Gasteiger partial charge in [-0.3, -0.25) is 9.59 Å². The standard InChI is InChI=1S/C20H21ClN2O4S/c1-3-22(12-15-7-5-4-6-8-15)20(25)17-10-9-16(11-18(17)21)23-19(24)14(2)13-28(23,26)27/h4-11,14H,3,12-13H2,1-2H3/t14-/m1/s1. The normalized spacial score (nSPS) is 18.3. The predicted molar refractivity (Wildman–Crippen MR) is 109 cm³/mol. The Morgan fingerprint density at radius 3 is 2.43 bits per heavy atom. The van der Waals surface area contributed by atoms with Crippen LogP contribution >= 0.6 is 11.6 Å². The summed E-state index contributed by atoms with van der Waals surface area (Å²) in [6.07, 6.45) is 0. The third kappa shape index (κ3) is 3.91. The smallest absolute Gasteiger partial charge is 0.255 e. The van der Waals surface area contributed by atoms with E-state index < -0.39 is 21.8 Å². The summed E-state index contributed by atoms with van der Waals surface area (Å²) in [5, 5.41) is 0.108. The summed E-state index contributed by atoms with van der Waals surface area (Å²) in [5.41, 5.74) is 1.41. The van der Waals surface area contributed by atoms with E-state index in [1.165, 1.54) is 18.2 Å². The molecule has 1 saturated heterocycles. The number of hydrogen-bond donors (Lipinski definition) is 0. The molecule has 0 bridgehead atoms. The van der Waals surface area contributed by atoms with Gasteiger partial charge in [0, 0.05) is 13.1 Å². The van der Waals surface area contributed by atoms with Gasteiger partial charge in [-0.15, -0.1) is 0 Å². The molecule has 0 aliphatic carbocycles. The number of nitrogens with zero attached hydrogens (tertiary/aromatic N) is 2. The quantitative estimate of drug-likeness (QED) is 0.743. The van der Waals surface area contributed by atoms with Crippen molar-refractivity contribution in [3.63, 3.8) is 0 Å². The van der Waals surface area contributed by atoms with E-state index in [1.54, 1.807) is 11.8 Å². The molecule has 2 aromatic carbocycles. The van der Waals surface area contributed by atoms with Crippen LogP contribution in [0.15, 0.2) is 48.5 Å². The van der Waals surface area contributed by atoms with Crippen molar-refractivity contribution < 1.29 is 18.0 Å². The molecular weight excluding hydrogens is 400 g/mol. The third-order valence-electron chi connectivity index (χ3n) is 4.66. The molecule has 0 unspecified atom stereocenters. The summed E-state index contributed by atoms with van der Waals surface area (Å²) in [7, 11) is -3.72. The van der Waals surface area contributed by atoms with Crippen LogP contribution in [0.25, 0.3) is 0 Å². The minimum atomic E-state index is -3.72. The molecule has 1 aliphatic rings. The SMILES string of the molecule is CCN(Cc1ccccc1)C(=O)c1ccc(N2C(=O)[C@H](C)CS2(=O)=O)cc1Cl. The molecule has 6 nitrogen and oxygen atoms in total. The van der Waals surface area contributed by atoms with Gasteiger partial charge in [-0.25, -0.2) is 12.7 Å². The molecular formula is C20H21ClN2O4S. The Morgan fingerprint density at radius 2 is 1.89 bits per heavy atom. The van der Waals surface area contributed by atoms with Gasteiger partial charge in [-0.2, -0.15) is 0 Å². The summed E-state index contributed by atoms with van der Waals surface area (Å²) in [6, 6.07) is 13.9. The first-order valence-electron chi connectivity index (χ1n) is 8.94. The first-order chi connectivity index (χ1) is 13.2. The Labute approximate surface area is 169 Å². The molecule has 3 rings (SSSR count). The maximum Gasteiger partial charge on any atom is 0.255 e. The molecule has 148 valence electrons.